The van der Waals surface area contributed by atoms with Crippen molar-refractivity contribution in [1.82, 2.24) is 4.72 Å². The van der Waals surface area contributed by atoms with E-state index in [-0.39, 0.29) is 10.9 Å². The van der Waals surface area contributed by atoms with Crippen molar-refractivity contribution in [2.45, 2.75) is 31.2 Å². The number of anilines is 1. The summed E-state index contributed by atoms with van der Waals surface area (Å²) in [6, 6.07) is 5.12. The second-order valence-corrected chi connectivity index (χ2v) is 8.17. The van der Waals surface area contributed by atoms with E-state index < -0.39 is 10.0 Å². The Bertz CT molecular complexity index is 654. The average Bonchev–Trinajstić information content (AvgIpc) is 2.63. The Morgan fingerprint density at radius 3 is 2.74 bits per heavy atom. The normalized spacial score (nSPS) is 24.0. The fraction of sp³-hybridized carbons (Fsp3) is 0.625. The minimum Gasteiger partial charge on any atom is -0.490 e. The van der Waals surface area contributed by atoms with Crippen LogP contribution in [0.2, 0.25) is 0 Å². The van der Waals surface area contributed by atoms with Crippen molar-refractivity contribution >= 4 is 15.7 Å². The molecule has 23 heavy (non-hydrogen) atoms. The van der Waals surface area contributed by atoms with Crippen molar-refractivity contribution < 1.29 is 17.9 Å². The topological polar surface area (TPSA) is 67.9 Å². The fourth-order valence-corrected chi connectivity index (χ4v) is 4.40. The molecule has 0 bridgehead atoms. The molecule has 1 aromatic carbocycles. The number of morpholine rings is 1. The van der Waals surface area contributed by atoms with E-state index in [4.69, 9.17) is 9.47 Å². The molecule has 0 radical (unpaired) electrons. The minimum atomic E-state index is -3.54. The van der Waals surface area contributed by atoms with E-state index in [1.165, 1.54) is 0 Å². The number of hydrogen-bond acceptors (Lipinski definition) is 5. The Balaban J connectivity index is 1.87. The summed E-state index contributed by atoms with van der Waals surface area (Å²) >= 11 is 0. The molecule has 0 saturated carbocycles. The van der Waals surface area contributed by atoms with E-state index in [0.717, 1.165) is 25.2 Å². The number of benzene rings is 1. The summed E-state index contributed by atoms with van der Waals surface area (Å²) in [5, 5.41) is 0. The van der Waals surface area contributed by atoms with Gasteiger partial charge in [-0.15, -0.1) is 0 Å². The Labute approximate surface area is 137 Å². The largest absolute Gasteiger partial charge is 0.490 e. The highest BCUT2D eigenvalue weighted by atomic mass is 32.2. The number of rotatable bonds is 3. The second kappa shape index (κ2) is 6.67. The van der Waals surface area contributed by atoms with E-state index in [9.17, 15) is 8.42 Å². The van der Waals surface area contributed by atoms with Crippen LogP contribution in [-0.4, -0.2) is 47.4 Å². The van der Waals surface area contributed by atoms with E-state index in [0.29, 0.717) is 31.5 Å². The predicted molar refractivity (Wildman–Crippen MR) is 88.5 cm³/mol. The van der Waals surface area contributed by atoms with E-state index in [1.807, 2.05) is 12.1 Å². The maximum atomic E-state index is 12.5. The molecule has 3 rings (SSSR count). The summed E-state index contributed by atoms with van der Waals surface area (Å²) in [6.45, 7) is 7.49. The summed E-state index contributed by atoms with van der Waals surface area (Å²) in [7, 11) is -3.54. The molecule has 2 aliphatic rings. The van der Waals surface area contributed by atoms with Gasteiger partial charge >= 0.3 is 0 Å². The lowest BCUT2D eigenvalue weighted by molar-refractivity contribution is 0.122. The zero-order valence-electron chi connectivity index (χ0n) is 13.6. The zero-order chi connectivity index (χ0) is 16.4. The van der Waals surface area contributed by atoms with Gasteiger partial charge in [0.25, 0.3) is 0 Å². The quantitative estimate of drug-likeness (QED) is 0.905. The Morgan fingerprint density at radius 1 is 1.30 bits per heavy atom. The lowest BCUT2D eigenvalue weighted by atomic mass is 10.1. The first-order valence-corrected chi connectivity index (χ1v) is 9.56. The van der Waals surface area contributed by atoms with Gasteiger partial charge in [0.1, 0.15) is 17.3 Å². The van der Waals surface area contributed by atoms with Crippen molar-refractivity contribution in [1.29, 1.82) is 0 Å². The molecule has 0 aliphatic carbocycles. The molecular formula is C16H24N2O4S. The number of nitrogens with one attached hydrogen (secondary N) is 1. The molecule has 0 spiro atoms. The van der Waals surface area contributed by atoms with Crippen molar-refractivity contribution in [3.63, 3.8) is 0 Å². The third-order valence-electron chi connectivity index (χ3n) is 4.11. The van der Waals surface area contributed by atoms with Crippen LogP contribution in [-0.2, 0) is 14.8 Å². The monoisotopic (exact) mass is 340 g/mol. The van der Waals surface area contributed by atoms with Gasteiger partial charge in [0.05, 0.1) is 19.3 Å². The highest BCUT2D eigenvalue weighted by Crippen LogP contribution is 2.32. The molecule has 1 fully saturated rings. The van der Waals surface area contributed by atoms with Gasteiger partial charge in [-0.05, 0) is 24.5 Å². The van der Waals surface area contributed by atoms with Crippen molar-refractivity contribution in [3.8, 4) is 5.75 Å². The summed E-state index contributed by atoms with van der Waals surface area (Å²) in [5.74, 6) is 0.837. The van der Waals surface area contributed by atoms with Crippen molar-refractivity contribution in [3.05, 3.63) is 18.2 Å². The number of hydrogen-bond donors (Lipinski definition) is 1. The summed E-state index contributed by atoms with van der Waals surface area (Å²) in [5.41, 5.74) is 0.976. The molecule has 2 heterocycles. The summed E-state index contributed by atoms with van der Waals surface area (Å²) in [6.07, 6.45) is 0.754. The Hall–Kier alpha value is -1.31. The molecule has 6 nitrogen and oxygen atoms in total. The third kappa shape index (κ3) is 3.79. The van der Waals surface area contributed by atoms with Crippen molar-refractivity contribution in [2.75, 3.05) is 37.8 Å². The predicted octanol–water partition coefficient (Wildman–Crippen LogP) is 1.61. The fourth-order valence-electron chi connectivity index (χ4n) is 3.04. The number of sulfonamides is 1. The molecule has 0 unspecified atom stereocenters. The number of fused-ring (bicyclic) bond motifs is 1. The molecule has 1 atom stereocenters. The first-order valence-electron chi connectivity index (χ1n) is 8.07. The summed E-state index contributed by atoms with van der Waals surface area (Å²) < 4.78 is 39.0. The van der Waals surface area contributed by atoms with E-state index in [1.54, 1.807) is 6.07 Å². The van der Waals surface area contributed by atoms with Crippen LogP contribution in [0, 0.1) is 5.92 Å². The van der Waals surface area contributed by atoms with Crippen LogP contribution in [0.25, 0.3) is 0 Å². The smallest absolute Gasteiger partial charge is 0.244 e. The number of nitrogens with zero attached hydrogens (tertiary/aromatic N) is 1. The van der Waals surface area contributed by atoms with Gasteiger partial charge in [0.15, 0.2) is 0 Å². The first kappa shape index (κ1) is 16.5. The highest BCUT2D eigenvalue weighted by Gasteiger charge is 2.29. The molecule has 128 valence electrons. The summed E-state index contributed by atoms with van der Waals surface area (Å²) in [4.78, 5) is 2.41. The van der Waals surface area contributed by atoms with Crippen molar-refractivity contribution in [2.24, 2.45) is 5.92 Å². The highest BCUT2D eigenvalue weighted by molar-refractivity contribution is 7.89. The van der Waals surface area contributed by atoms with Crippen LogP contribution in [0.4, 0.5) is 5.69 Å². The molecular weight excluding hydrogens is 316 g/mol. The van der Waals surface area contributed by atoms with Gasteiger partial charge in [0, 0.05) is 24.8 Å². The number of ether oxygens (including phenoxy) is 2. The molecule has 2 aliphatic heterocycles. The maximum Gasteiger partial charge on any atom is 0.244 e. The van der Waals surface area contributed by atoms with Gasteiger partial charge < -0.3 is 14.4 Å². The zero-order valence-corrected chi connectivity index (χ0v) is 14.4. The molecule has 7 heteroatoms. The lowest BCUT2D eigenvalue weighted by Gasteiger charge is -2.29. The van der Waals surface area contributed by atoms with Crippen LogP contribution < -0.4 is 14.4 Å². The van der Waals surface area contributed by atoms with Gasteiger partial charge in [-0.3, -0.25) is 0 Å². The molecule has 0 amide bonds. The average molecular weight is 340 g/mol. The van der Waals surface area contributed by atoms with Gasteiger partial charge in [-0.2, -0.15) is 0 Å². The maximum absolute atomic E-state index is 12.5. The van der Waals surface area contributed by atoms with Gasteiger partial charge in [-0.25, -0.2) is 13.1 Å². The lowest BCUT2D eigenvalue weighted by Crippen LogP contribution is -2.37. The van der Waals surface area contributed by atoms with Gasteiger partial charge in [0.2, 0.25) is 10.0 Å². The Morgan fingerprint density at radius 2 is 2.04 bits per heavy atom. The first-order chi connectivity index (χ1) is 11.0. The molecule has 1 aromatic rings. The van der Waals surface area contributed by atoms with E-state index >= 15 is 0 Å². The van der Waals surface area contributed by atoms with Crippen LogP contribution in [0.1, 0.15) is 20.3 Å². The Kier molecular flexibility index (Phi) is 4.79. The standard InChI is InChI=1S/C16H24N2O4S/c1-12(2)9-13-11-22-15-10-14(18-5-7-21-8-6-18)3-4-16(15)23(19,20)17-13/h3-4,10,12-13,17H,5-9,11H2,1-2H3/t13-/m1/s1. The van der Waals surface area contributed by atoms with Crippen LogP contribution in [0.15, 0.2) is 23.1 Å². The third-order valence-corrected chi connectivity index (χ3v) is 5.67. The van der Waals surface area contributed by atoms with Crippen LogP contribution in [0.3, 0.4) is 0 Å². The molecule has 0 aromatic heterocycles. The molecule has 1 N–H and O–H groups in total. The van der Waals surface area contributed by atoms with Gasteiger partial charge in [-0.1, -0.05) is 13.8 Å². The second-order valence-electron chi connectivity index (χ2n) is 6.49. The van der Waals surface area contributed by atoms with E-state index in [2.05, 4.69) is 23.5 Å². The minimum absolute atomic E-state index is 0.195. The molecule has 1 saturated heterocycles. The van der Waals surface area contributed by atoms with Crippen LogP contribution in [0.5, 0.6) is 5.75 Å². The SMILES string of the molecule is CC(C)C[C@@H]1COc2cc(N3CCOCC3)ccc2S(=O)(=O)N1. The van der Waals surface area contributed by atoms with Crippen LogP contribution >= 0.6 is 0 Å².